The van der Waals surface area contributed by atoms with Crippen LogP contribution in [0.3, 0.4) is 0 Å². The molecule has 0 N–H and O–H groups in total. The van der Waals surface area contributed by atoms with Crippen LogP contribution in [0, 0.1) is 5.92 Å². The second-order valence-electron chi connectivity index (χ2n) is 13.4. The third kappa shape index (κ3) is 6.43. The lowest BCUT2D eigenvalue weighted by Gasteiger charge is -2.45. The van der Waals surface area contributed by atoms with E-state index in [1.165, 1.54) is 83.0 Å². The van der Waals surface area contributed by atoms with Crippen molar-refractivity contribution in [1.29, 1.82) is 0 Å². The molecule has 2 aliphatic carbocycles. The van der Waals surface area contributed by atoms with Crippen LogP contribution in [0.2, 0.25) is 0 Å². The summed E-state index contributed by atoms with van der Waals surface area (Å²) < 4.78 is 8.10. The van der Waals surface area contributed by atoms with Gasteiger partial charge < -0.3 is 14.2 Å². The maximum Gasteiger partial charge on any atom is 0.0791 e. The SMILES string of the molecule is CCCCC(C)c1ccc2c(c1)c1cc(N(C3=CC=CC(C)C3)C(C)(CC)CCCC)ccc1n2C1=CCC(OC)C=C1. The number of hydrogen-bond acceptors (Lipinski definition) is 2. The highest BCUT2D eigenvalue weighted by Gasteiger charge is 2.33. The summed E-state index contributed by atoms with van der Waals surface area (Å²) in [4.78, 5) is 2.71. The van der Waals surface area contributed by atoms with Gasteiger partial charge in [-0.3, -0.25) is 0 Å². The molecule has 0 amide bonds. The summed E-state index contributed by atoms with van der Waals surface area (Å²) in [5, 5.41) is 2.71. The minimum absolute atomic E-state index is 0.0580. The number of anilines is 1. The lowest BCUT2D eigenvalue weighted by atomic mass is 9.86. The van der Waals surface area contributed by atoms with Gasteiger partial charge >= 0.3 is 0 Å². The first-order valence-corrected chi connectivity index (χ1v) is 17.0. The molecule has 5 rings (SSSR count). The molecule has 3 aromatic rings. The second-order valence-corrected chi connectivity index (χ2v) is 13.4. The van der Waals surface area contributed by atoms with Crippen molar-refractivity contribution in [2.24, 2.45) is 5.92 Å². The molecule has 0 fully saturated rings. The lowest BCUT2D eigenvalue weighted by molar-refractivity contribution is 0.143. The van der Waals surface area contributed by atoms with Gasteiger partial charge in [0, 0.05) is 40.5 Å². The Morgan fingerprint density at radius 3 is 2.40 bits per heavy atom. The zero-order valence-corrected chi connectivity index (χ0v) is 27.8. The fraction of sp³-hybridized carbons (Fsp3) is 0.500. The second kappa shape index (κ2) is 13.7. The molecule has 3 heteroatoms. The standard InChI is InChI=1S/C40H54N2O/c1-8-11-15-30(5)31-17-23-38-36(27-31)37-28-34(20-24-39(37)41(38)32-18-21-35(43-7)22-19-32)42(33-16-13-14-29(4)26-33)40(6,10-3)25-12-9-2/h13-14,16-21,23-24,27-30,35H,8-12,15,22,25-26H2,1-7H3. The summed E-state index contributed by atoms with van der Waals surface area (Å²) in [6.07, 6.45) is 24.4. The van der Waals surface area contributed by atoms with Gasteiger partial charge in [0.2, 0.25) is 0 Å². The number of methoxy groups -OCH3 is 1. The van der Waals surface area contributed by atoms with Crippen molar-refractivity contribution >= 4 is 33.2 Å². The number of benzene rings is 2. The highest BCUT2D eigenvalue weighted by molar-refractivity contribution is 6.11. The predicted molar refractivity (Wildman–Crippen MR) is 188 cm³/mol. The van der Waals surface area contributed by atoms with Crippen LogP contribution in [-0.4, -0.2) is 23.3 Å². The first-order chi connectivity index (χ1) is 20.8. The van der Waals surface area contributed by atoms with Gasteiger partial charge in [0.25, 0.3) is 0 Å². The van der Waals surface area contributed by atoms with E-state index in [1.807, 2.05) is 0 Å². The van der Waals surface area contributed by atoms with Crippen LogP contribution in [0.25, 0.3) is 27.5 Å². The number of unbranched alkanes of at least 4 members (excludes halogenated alkanes) is 2. The highest BCUT2D eigenvalue weighted by atomic mass is 16.5. The van der Waals surface area contributed by atoms with Crippen LogP contribution in [0.4, 0.5) is 5.69 Å². The number of ether oxygens (including phenoxy) is 1. The van der Waals surface area contributed by atoms with Crippen LogP contribution in [0.1, 0.15) is 111 Å². The van der Waals surface area contributed by atoms with E-state index in [4.69, 9.17) is 4.74 Å². The van der Waals surface area contributed by atoms with Crippen LogP contribution < -0.4 is 4.90 Å². The molecule has 2 aliphatic rings. The van der Waals surface area contributed by atoms with Crippen LogP contribution in [-0.2, 0) is 4.74 Å². The average Bonchev–Trinajstić information content (AvgIpc) is 3.35. The van der Waals surface area contributed by atoms with E-state index in [0.29, 0.717) is 11.8 Å². The van der Waals surface area contributed by atoms with E-state index < -0.39 is 0 Å². The van der Waals surface area contributed by atoms with E-state index in [2.05, 4.69) is 124 Å². The molecule has 3 nitrogen and oxygen atoms in total. The van der Waals surface area contributed by atoms with Gasteiger partial charge in [-0.2, -0.15) is 0 Å². The zero-order chi connectivity index (χ0) is 30.6. The molecule has 1 heterocycles. The summed E-state index contributed by atoms with van der Waals surface area (Å²) in [7, 11) is 1.80. The first kappa shape index (κ1) is 31.4. The molecule has 43 heavy (non-hydrogen) atoms. The molecule has 0 saturated carbocycles. The molecule has 4 atom stereocenters. The van der Waals surface area contributed by atoms with Gasteiger partial charge in [-0.15, -0.1) is 0 Å². The average molecular weight is 579 g/mol. The van der Waals surface area contributed by atoms with Crippen molar-refractivity contribution in [2.45, 2.75) is 117 Å². The number of aromatic nitrogens is 1. The van der Waals surface area contributed by atoms with E-state index in [-0.39, 0.29) is 11.6 Å². The number of allylic oxidation sites excluding steroid dienone is 6. The van der Waals surface area contributed by atoms with Crippen LogP contribution in [0.5, 0.6) is 0 Å². The minimum atomic E-state index is 0.0580. The normalized spacial score (nSPS) is 20.7. The fourth-order valence-electron chi connectivity index (χ4n) is 7.18. The van der Waals surface area contributed by atoms with Crippen molar-refractivity contribution in [3.05, 3.63) is 84.1 Å². The summed E-state index contributed by atoms with van der Waals surface area (Å²) in [6, 6.07) is 14.5. The Labute approximate surface area is 261 Å². The molecule has 0 saturated heterocycles. The van der Waals surface area contributed by atoms with E-state index >= 15 is 0 Å². The Morgan fingerprint density at radius 2 is 1.74 bits per heavy atom. The maximum atomic E-state index is 5.63. The predicted octanol–water partition coefficient (Wildman–Crippen LogP) is 11.5. The number of hydrogen-bond donors (Lipinski definition) is 0. The Hall–Kier alpha value is -3.04. The van der Waals surface area contributed by atoms with Crippen molar-refractivity contribution in [3.8, 4) is 0 Å². The molecule has 0 bridgehead atoms. The molecule has 230 valence electrons. The van der Waals surface area contributed by atoms with Gasteiger partial charge in [0.05, 0.1) is 17.1 Å². The summed E-state index contributed by atoms with van der Waals surface area (Å²) in [5.74, 6) is 1.10. The smallest absolute Gasteiger partial charge is 0.0791 e. The van der Waals surface area contributed by atoms with E-state index in [0.717, 1.165) is 19.3 Å². The van der Waals surface area contributed by atoms with E-state index in [1.54, 1.807) is 7.11 Å². The fourth-order valence-corrected chi connectivity index (χ4v) is 7.18. The third-order valence-electron chi connectivity index (χ3n) is 10.1. The topological polar surface area (TPSA) is 17.4 Å². The van der Waals surface area contributed by atoms with Gasteiger partial charge in [0.15, 0.2) is 0 Å². The number of rotatable bonds is 13. The monoisotopic (exact) mass is 578 g/mol. The van der Waals surface area contributed by atoms with E-state index in [9.17, 15) is 0 Å². The molecular formula is C40H54N2O. The Kier molecular flexibility index (Phi) is 10.0. The van der Waals surface area contributed by atoms with Gasteiger partial charge in [-0.05, 0) is 98.9 Å². The van der Waals surface area contributed by atoms with Crippen LogP contribution in [0.15, 0.2) is 78.6 Å². The molecule has 0 aliphatic heterocycles. The van der Waals surface area contributed by atoms with Crippen molar-refractivity contribution in [1.82, 2.24) is 4.57 Å². The number of fused-ring (bicyclic) bond motifs is 3. The van der Waals surface area contributed by atoms with Crippen LogP contribution >= 0.6 is 0 Å². The Balaban J connectivity index is 1.71. The zero-order valence-electron chi connectivity index (χ0n) is 27.8. The van der Waals surface area contributed by atoms with Gasteiger partial charge in [-0.1, -0.05) is 90.7 Å². The Bertz CT molecular complexity index is 1530. The number of nitrogens with zero attached hydrogens (tertiary/aromatic N) is 2. The molecule has 1 aromatic heterocycles. The molecule has 0 spiro atoms. The largest absolute Gasteiger partial charge is 0.377 e. The summed E-state index contributed by atoms with van der Waals surface area (Å²) in [6.45, 7) is 14.2. The maximum absolute atomic E-state index is 5.63. The van der Waals surface area contributed by atoms with Gasteiger partial charge in [0.1, 0.15) is 0 Å². The molecule has 0 radical (unpaired) electrons. The quantitative estimate of drug-likeness (QED) is 0.201. The highest BCUT2D eigenvalue weighted by Crippen LogP contribution is 2.42. The minimum Gasteiger partial charge on any atom is -0.377 e. The van der Waals surface area contributed by atoms with Crippen molar-refractivity contribution in [2.75, 3.05) is 12.0 Å². The Morgan fingerprint density at radius 1 is 1.00 bits per heavy atom. The first-order valence-electron chi connectivity index (χ1n) is 17.0. The van der Waals surface area contributed by atoms with Crippen molar-refractivity contribution in [3.63, 3.8) is 0 Å². The molecular weight excluding hydrogens is 524 g/mol. The molecule has 4 unspecified atom stereocenters. The lowest BCUT2D eigenvalue weighted by Crippen LogP contribution is -2.46. The third-order valence-corrected chi connectivity index (χ3v) is 10.1. The van der Waals surface area contributed by atoms with Gasteiger partial charge in [-0.25, -0.2) is 0 Å². The van der Waals surface area contributed by atoms with Crippen molar-refractivity contribution < 1.29 is 4.74 Å². The molecule has 2 aromatic carbocycles. The summed E-state index contributed by atoms with van der Waals surface area (Å²) >= 11 is 0. The summed E-state index contributed by atoms with van der Waals surface area (Å²) in [5.41, 5.74) is 8.07.